The summed E-state index contributed by atoms with van der Waals surface area (Å²) < 4.78 is 34.3. The van der Waals surface area contributed by atoms with Crippen LogP contribution in [0, 0.1) is 6.92 Å². The van der Waals surface area contributed by atoms with Gasteiger partial charge in [0.2, 0.25) is 5.89 Å². The van der Waals surface area contributed by atoms with Crippen LogP contribution >= 0.6 is 23.1 Å². The van der Waals surface area contributed by atoms with E-state index in [1.807, 2.05) is 19.2 Å². The number of ether oxygens (including phenoxy) is 1. The van der Waals surface area contributed by atoms with E-state index in [0.717, 1.165) is 16.3 Å². The Labute approximate surface area is 151 Å². The molecular weight excluding hydrogens is 368 g/mol. The normalized spacial score (nSPS) is 12.5. The molecule has 0 aliphatic heterocycles. The number of alkyl halides is 2. The van der Waals surface area contributed by atoms with Gasteiger partial charge in [-0.3, -0.25) is 0 Å². The first-order chi connectivity index (χ1) is 12.0. The zero-order valence-corrected chi connectivity index (χ0v) is 15.1. The number of thiazole rings is 1. The van der Waals surface area contributed by atoms with E-state index in [4.69, 9.17) is 4.42 Å². The number of nitrogens with zero attached hydrogens (tertiary/aromatic N) is 3. The lowest BCUT2D eigenvalue weighted by Crippen LogP contribution is -2.01. The first-order valence-corrected chi connectivity index (χ1v) is 9.20. The molecule has 9 heteroatoms. The SMILES string of the molecule is Cc1nc(Cc2nnc(SC(C)c3ccc(OC(F)F)cc3)o2)cs1. The van der Waals surface area contributed by atoms with E-state index in [-0.39, 0.29) is 11.0 Å². The molecule has 25 heavy (non-hydrogen) atoms. The quantitative estimate of drug-likeness (QED) is 0.542. The molecule has 0 aliphatic rings. The molecule has 3 aromatic rings. The maximum absolute atomic E-state index is 12.2. The lowest BCUT2D eigenvalue weighted by Gasteiger charge is -2.10. The largest absolute Gasteiger partial charge is 0.435 e. The summed E-state index contributed by atoms with van der Waals surface area (Å²) in [6.45, 7) is 1.10. The molecule has 0 saturated heterocycles. The van der Waals surface area contributed by atoms with Crippen molar-refractivity contribution in [2.45, 2.75) is 37.4 Å². The van der Waals surface area contributed by atoms with Crippen LogP contribution in [0.1, 0.15) is 34.3 Å². The predicted octanol–water partition coefficient (Wildman–Crippen LogP) is 4.88. The topological polar surface area (TPSA) is 61.0 Å². The number of benzene rings is 1. The van der Waals surface area contributed by atoms with Crippen molar-refractivity contribution in [3.05, 3.63) is 51.8 Å². The van der Waals surface area contributed by atoms with Crippen LogP contribution < -0.4 is 4.74 Å². The number of halogens is 2. The van der Waals surface area contributed by atoms with Gasteiger partial charge in [-0.15, -0.1) is 21.5 Å². The maximum atomic E-state index is 12.2. The van der Waals surface area contributed by atoms with Crippen molar-refractivity contribution in [1.82, 2.24) is 15.2 Å². The molecule has 0 aliphatic carbocycles. The molecule has 2 aromatic heterocycles. The molecule has 5 nitrogen and oxygen atoms in total. The number of hydrogen-bond donors (Lipinski definition) is 0. The third-order valence-corrected chi connectivity index (χ3v) is 5.11. The number of hydrogen-bond acceptors (Lipinski definition) is 7. The maximum Gasteiger partial charge on any atom is 0.387 e. The molecule has 1 atom stereocenters. The average molecular weight is 383 g/mol. The Morgan fingerprint density at radius 2 is 2.00 bits per heavy atom. The van der Waals surface area contributed by atoms with Gasteiger partial charge in [-0.2, -0.15) is 8.78 Å². The summed E-state index contributed by atoms with van der Waals surface area (Å²) in [7, 11) is 0. The second-order valence-corrected chi connectivity index (χ2v) is 7.56. The summed E-state index contributed by atoms with van der Waals surface area (Å²) in [6, 6.07) is 6.51. The van der Waals surface area contributed by atoms with Gasteiger partial charge in [0.15, 0.2) is 0 Å². The first-order valence-electron chi connectivity index (χ1n) is 7.44. The summed E-state index contributed by atoms with van der Waals surface area (Å²) in [6.07, 6.45) is 0.506. The Morgan fingerprint density at radius 3 is 2.64 bits per heavy atom. The number of thioether (sulfide) groups is 1. The van der Waals surface area contributed by atoms with Crippen LogP contribution in [0.25, 0.3) is 0 Å². The molecule has 0 saturated carbocycles. The highest BCUT2D eigenvalue weighted by Crippen LogP contribution is 2.34. The average Bonchev–Trinajstić information content (AvgIpc) is 3.17. The molecule has 0 spiro atoms. The molecule has 0 amide bonds. The molecule has 0 fully saturated rings. The Hall–Kier alpha value is -2.00. The van der Waals surface area contributed by atoms with E-state index in [0.29, 0.717) is 17.5 Å². The van der Waals surface area contributed by atoms with E-state index < -0.39 is 6.61 Å². The minimum Gasteiger partial charge on any atom is -0.435 e. The lowest BCUT2D eigenvalue weighted by molar-refractivity contribution is -0.0498. The molecule has 132 valence electrons. The van der Waals surface area contributed by atoms with E-state index in [1.54, 1.807) is 23.5 Å². The van der Waals surface area contributed by atoms with Gasteiger partial charge in [-0.05, 0) is 31.5 Å². The summed E-state index contributed by atoms with van der Waals surface area (Å²) in [5.41, 5.74) is 1.85. The summed E-state index contributed by atoms with van der Waals surface area (Å²) in [5.74, 6) is 0.648. The second kappa shape index (κ2) is 7.92. The zero-order chi connectivity index (χ0) is 17.8. The Bertz CT molecular complexity index is 821. The van der Waals surface area contributed by atoms with Gasteiger partial charge in [0.05, 0.1) is 17.1 Å². The molecule has 2 heterocycles. The highest BCUT2D eigenvalue weighted by molar-refractivity contribution is 7.99. The van der Waals surface area contributed by atoms with Gasteiger partial charge in [0.25, 0.3) is 5.22 Å². The van der Waals surface area contributed by atoms with Crippen molar-refractivity contribution in [2.24, 2.45) is 0 Å². The van der Waals surface area contributed by atoms with Crippen molar-refractivity contribution >= 4 is 23.1 Å². The first kappa shape index (κ1) is 17.8. The van der Waals surface area contributed by atoms with Crippen LogP contribution in [-0.2, 0) is 6.42 Å². The Kier molecular flexibility index (Phi) is 5.64. The molecule has 0 radical (unpaired) electrons. The number of aryl methyl sites for hydroxylation is 1. The van der Waals surface area contributed by atoms with Crippen molar-refractivity contribution in [1.29, 1.82) is 0 Å². The van der Waals surface area contributed by atoms with Crippen LogP contribution in [0.5, 0.6) is 5.75 Å². The van der Waals surface area contributed by atoms with E-state index in [2.05, 4.69) is 19.9 Å². The summed E-state index contributed by atoms with van der Waals surface area (Å²) in [4.78, 5) is 4.37. The molecule has 0 bridgehead atoms. The Balaban J connectivity index is 1.60. The minimum absolute atomic E-state index is 0.0235. The fourth-order valence-electron chi connectivity index (χ4n) is 2.14. The number of aromatic nitrogens is 3. The van der Waals surface area contributed by atoms with Crippen LogP contribution in [0.3, 0.4) is 0 Å². The van der Waals surface area contributed by atoms with Crippen LogP contribution in [0.2, 0.25) is 0 Å². The van der Waals surface area contributed by atoms with Gasteiger partial charge in [0, 0.05) is 10.6 Å². The fourth-order valence-corrected chi connectivity index (χ4v) is 3.58. The van der Waals surface area contributed by atoms with Gasteiger partial charge < -0.3 is 9.15 Å². The molecular formula is C16H15F2N3O2S2. The third-order valence-electron chi connectivity index (χ3n) is 3.30. The van der Waals surface area contributed by atoms with Gasteiger partial charge in [0.1, 0.15) is 5.75 Å². The van der Waals surface area contributed by atoms with E-state index in [9.17, 15) is 8.78 Å². The highest BCUT2D eigenvalue weighted by Gasteiger charge is 2.15. The lowest BCUT2D eigenvalue weighted by atomic mass is 10.2. The van der Waals surface area contributed by atoms with E-state index >= 15 is 0 Å². The monoisotopic (exact) mass is 383 g/mol. The fraction of sp³-hybridized carbons (Fsp3) is 0.312. The van der Waals surface area contributed by atoms with Crippen LogP contribution in [0.15, 0.2) is 39.3 Å². The van der Waals surface area contributed by atoms with Crippen molar-refractivity contribution < 1.29 is 17.9 Å². The predicted molar refractivity (Wildman–Crippen MR) is 91.3 cm³/mol. The minimum atomic E-state index is -2.82. The molecule has 1 unspecified atom stereocenters. The van der Waals surface area contributed by atoms with Crippen molar-refractivity contribution in [3.63, 3.8) is 0 Å². The van der Waals surface area contributed by atoms with Crippen molar-refractivity contribution in [2.75, 3.05) is 0 Å². The number of rotatable bonds is 7. The van der Waals surface area contributed by atoms with Crippen molar-refractivity contribution in [3.8, 4) is 5.75 Å². The zero-order valence-electron chi connectivity index (χ0n) is 13.5. The van der Waals surface area contributed by atoms with Gasteiger partial charge >= 0.3 is 6.61 Å². The molecule has 0 N–H and O–H groups in total. The highest BCUT2D eigenvalue weighted by atomic mass is 32.2. The van der Waals surface area contributed by atoms with Crippen LogP contribution in [-0.4, -0.2) is 21.8 Å². The van der Waals surface area contributed by atoms with Crippen LogP contribution in [0.4, 0.5) is 8.78 Å². The van der Waals surface area contributed by atoms with Gasteiger partial charge in [-0.25, -0.2) is 4.98 Å². The standard InChI is InChI=1S/C16H15F2N3O2S2/c1-9(11-3-5-13(6-4-11)22-15(17)18)25-16-21-20-14(23-16)7-12-8-24-10(2)19-12/h3-6,8-9,15H,7H2,1-2H3. The Morgan fingerprint density at radius 1 is 1.24 bits per heavy atom. The molecule has 3 rings (SSSR count). The molecule has 1 aromatic carbocycles. The van der Waals surface area contributed by atoms with E-state index in [1.165, 1.54) is 23.9 Å². The smallest absolute Gasteiger partial charge is 0.387 e. The summed E-state index contributed by atoms with van der Waals surface area (Å²) in [5, 5.41) is 11.5. The third kappa shape index (κ3) is 4.99. The second-order valence-electron chi connectivity index (χ2n) is 5.20. The van der Waals surface area contributed by atoms with Gasteiger partial charge in [-0.1, -0.05) is 23.9 Å². The summed E-state index contributed by atoms with van der Waals surface area (Å²) >= 11 is 2.99.